The SMILES string of the molecule is COC(=O)c1cccc(N)c1Sc1n[nH]c(=O)n1C(C)C. The molecule has 8 heteroatoms. The standard InChI is InChI=1S/C13H16N4O3S/c1-7(2)17-12(19)15-16-13(17)21-10-8(11(18)20-3)5-4-6-9(10)14/h4-7H,14H2,1-3H3,(H,15,19). The zero-order valence-corrected chi connectivity index (χ0v) is 12.7. The Morgan fingerprint density at radius 1 is 1.48 bits per heavy atom. The Morgan fingerprint density at radius 3 is 2.81 bits per heavy atom. The first kappa shape index (κ1) is 15.2. The van der Waals surface area contributed by atoms with Crippen molar-refractivity contribution in [2.45, 2.75) is 29.9 Å². The lowest BCUT2D eigenvalue weighted by atomic mass is 10.2. The molecule has 0 fully saturated rings. The van der Waals surface area contributed by atoms with Gasteiger partial charge < -0.3 is 10.5 Å². The van der Waals surface area contributed by atoms with Crippen LogP contribution in [-0.4, -0.2) is 27.8 Å². The Labute approximate surface area is 125 Å². The molecule has 0 bridgehead atoms. The van der Waals surface area contributed by atoms with E-state index in [0.717, 1.165) is 11.8 Å². The molecule has 0 atom stereocenters. The van der Waals surface area contributed by atoms with E-state index in [1.807, 2.05) is 13.8 Å². The second-order valence-electron chi connectivity index (χ2n) is 4.59. The number of aromatic amines is 1. The van der Waals surface area contributed by atoms with E-state index in [9.17, 15) is 9.59 Å². The van der Waals surface area contributed by atoms with Crippen molar-refractivity contribution < 1.29 is 9.53 Å². The molecule has 0 unspecified atom stereocenters. The number of ether oxygens (including phenoxy) is 1. The van der Waals surface area contributed by atoms with Crippen LogP contribution in [0.15, 0.2) is 33.0 Å². The van der Waals surface area contributed by atoms with Crippen molar-refractivity contribution in [1.29, 1.82) is 0 Å². The van der Waals surface area contributed by atoms with Crippen LogP contribution in [-0.2, 0) is 4.74 Å². The van der Waals surface area contributed by atoms with Gasteiger partial charge in [0.2, 0.25) is 0 Å². The summed E-state index contributed by atoms with van der Waals surface area (Å²) in [7, 11) is 1.30. The van der Waals surface area contributed by atoms with Crippen molar-refractivity contribution in [1.82, 2.24) is 14.8 Å². The second kappa shape index (κ2) is 6.04. The molecule has 0 aliphatic carbocycles. The van der Waals surface area contributed by atoms with E-state index in [0.29, 0.717) is 21.3 Å². The van der Waals surface area contributed by atoms with Gasteiger partial charge in [0.1, 0.15) is 0 Å². The Morgan fingerprint density at radius 2 is 2.19 bits per heavy atom. The predicted octanol–water partition coefficient (Wildman–Crippen LogP) is 1.67. The fraction of sp³-hybridized carbons (Fsp3) is 0.308. The van der Waals surface area contributed by atoms with Gasteiger partial charge in [0.05, 0.1) is 17.6 Å². The fourth-order valence-corrected chi connectivity index (χ4v) is 2.96. The number of nitrogen functional groups attached to an aromatic ring is 1. The van der Waals surface area contributed by atoms with Crippen LogP contribution >= 0.6 is 11.8 Å². The first-order chi connectivity index (χ1) is 9.95. The van der Waals surface area contributed by atoms with E-state index in [-0.39, 0.29) is 11.7 Å². The third-order valence-electron chi connectivity index (χ3n) is 2.83. The minimum absolute atomic E-state index is 0.0646. The molecule has 1 aromatic carbocycles. The van der Waals surface area contributed by atoms with Crippen LogP contribution < -0.4 is 11.4 Å². The molecule has 0 aliphatic heterocycles. The minimum atomic E-state index is -0.487. The van der Waals surface area contributed by atoms with E-state index in [1.165, 1.54) is 11.7 Å². The van der Waals surface area contributed by atoms with Gasteiger partial charge in [0.25, 0.3) is 0 Å². The molecule has 0 aliphatic rings. The quantitative estimate of drug-likeness (QED) is 0.658. The van der Waals surface area contributed by atoms with Crippen molar-refractivity contribution in [2.75, 3.05) is 12.8 Å². The number of hydrogen-bond donors (Lipinski definition) is 2. The number of nitrogens with one attached hydrogen (secondary N) is 1. The largest absolute Gasteiger partial charge is 0.465 e. The molecule has 7 nitrogen and oxygen atoms in total. The van der Waals surface area contributed by atoms with Crippen LogP contribution in [0.1, 0.15) is 30.2 Å². The number of H-pyrrole nitrogens is 1. The highest BCUT2D eigenvalue weighted by Crippen LogP contribution is 2.34. The Kier molecular flexibility index (Phi) is 4.37. The van der Waals surface area contributed by atoms with Gasteiger partial charge in [-0.3, -0.25) is 4.57 Å². The van der Waals surface area contributed by atoms with Crippen LogP contribution in [0, 0.1) is 0 Å². The van der Waals surface area contributed by atoms with Crippen LogP contribution in [0.25, 0.3) is 0 Å². The van der Waals surface area contributed by atoms with Gasteiger partial charge in [-0.15, -0.1) is 5.10 Å². The number of nitrogens with two attached hydrogens (primary N) is 1. The van der Waals surface area contributed by atoms with E-state index in [2.05, 4.69) is 10.2 Å². The van der Waals surface area contributed by atoms with E-state index < -0.39 is 5.97 Å². The van der Waals surface area contributed by atoms with Gasteiger partial charge in [-0.2, -0.15) is 0 Å². The average Bonchev–Trinajstić information content (AvgIpc) is 2.81. The number of nitrogens with zero attached hydrogens (tertiary/aromatic N) is 2. The van der Waals surface area contributed by atoms with E-state index in [4.69, 9.17) is 10.5 Å². The molecule has 0 saturated carbocycles. The number of methoxy groups -OCH3 is 1. The summed E-state index contributed by atoms with van der Waals surface area (Å²) in [6.45, 7) is 3.74. The molecule has 3 N–H and O–H groups in total. The molecular weight excluding hydrogens is 292 g/mol. The van der Waals surface area contributed by atoms with Crippen molar-refractivity contribution in [3.05, 3.63) is 34.2 Å². The highest BCUT2D eigenvalue weighted by molar-refractivity contribution is 7.99. The Balaban J connectivity index is 2.50. The molecule has 1 aromatic heterocycles. The van der Waals surface area contributed by atoms with Gasteiger partial charge in [0.15, 0.2) is 5.16 Å². The molecule has 0 amide bonds. The topological polar surface area (TPSA) is 103 Å². The van der Waals surface area contributed by atoms with Gasteiger partial charge >= 0.3 is 11.7 Å². The number of anilines is 1. The van der Waals surface area contributed by atoms with Crippen molar-refractivity contribution in [2.24, 2.45) is 0 Å². The van der Waals surface area contributed by atoms with Crippen molar-refractivity contribution >= 4 is 23.4 Å². The van der Waals surface area contributed by atoms with Crippen molar-refractivity contribution in [3.8, 4) is 0 Å². The lowest BCUT2D eigenvalue weighted by Gasteiger charge is -2.12. The van der Waals surface area contributed by atoms with Crippen LogP contribution in [0.4, 0.5) is 5.69 Å². The maximum atomic E-state index is 11.8. The summed E-state index contributed by atoms with van der Waals surface area (Å²) in [5.74, 6) is -0.487. The third-order valence-corrected chi connectivity index (χ3v) is 3.96. The third kappa shape index (κ3) is 2.94. The van der Waals surface area contributed by atoms with E-state index >= 15 is 0 Å². The molecule has 2 rings (SSSR count). The first-order valence-electron chi connectivity index (χ1n) is 6.27. The summed E-state index contributed by atoms with van der Waals surface area (Å²) in [5, 5.41) is 6.82. The van der Waals surface area contributed by atoms with Crippen molar-refractivity contribution in [3.63, 3.8) is 0 Å². The number of rotatable bonds is 4. The summed E-state index contributed by atoms with van der Waals surface area (Å²) in [4.78, 5) is 24.1. The Bertz CT molecular complexity index is 720. The lowest BCUT2D eigenvalue weighted by molar-refractivity contribution is 0.0597. The number of hydrogen-bond acceptors (Lipinski definition) is 6. The molecule has 112 valence electrons. The number of benzene rings is 1. The summed E-state index contributed by atoms with van der Waals surface area (Å²) in [6.07, 6.45) is 0. The Hall–Kier alpha value is -2.22. The maximum absolute atomic E-state index is 11.8. The molecule has 2 aromatic rings. The highest BCUT2D eigenvalue weighted by atomic mass is 32.2. The van der Waals surface area contributed by atoms with Gasteiger partial charge in [-0.25, -0.2) is 14.7 Å². The molecule has 0 spiro atoms. The number of esters is 1. The molecule has 0 radical (unpaired) electrons. The normalized spacial score (nSPS) is 10.9. The summed E-state index contributed by atoms with van der Waals surface area (Å²) < 4.78 is 6.25. The van der Waals surface area contributed by atoms with E-state index in [1.54, 1.807) is 18.2 Å². The highest BCUT2D eigenvalue weighted by Gasteiger charge is 2.19. The van der Waals surface area contributed by atoms with Crippen LogP contribution in [0.3, 0.4) is 0 Å². The average molecular weight is 308 g/mol. The van der Waals surface area contributed by atoms with Gasteiger partial charge in [-0.1, -0.05) is 6.07 Å². The molecule has 0 saturated heterocycles. The number of carbonyl (C=O) groups is 1. The second-order valence-corrected chi connectivity index (χ2v) is 5.57. The smallest absolute Gasteiger partial charge is 0.344 e. The summed E-state index contributed by atoms with van der Waals surface area (Å²) >= 11 is 1.16. The predicted molar refractivity (Wildman–Crippen MR) is 79.5 cm³/mol. The molecule has 1 heterocycles. The number of carbonyl (C=O) groups excluding carboxylic acids is 1. The zero-order chi connectivity index (χ0) is 15.6. The van der Waals surface area contributed by atoms with Gasteiger partial charge in [-0.05, 0) is 37.7 Å². The fourth-order valence-electron chi connectivity index (χ4n) is 1.85. The minimum Gasteiger partial charge on any atom is -0.465 e. The molecule has 21 heavy (non-hydrogen) atoms. The lowest BCUT2D eigenvalue weighted by Crippen LogP contribution is -2.19. The monoisotopic (exact) mass is 308 g/mol. The van der Waals surface area contributed by atoms with Crippen LogP contribution in [0.2, 0.25) is 0 Å². The molecular formula is C13H16N4O3S. The summed E-state index contributed by atoms with van der Waals surface area (Å²) in [5.41, 5.74) is 6.40. The van der Waals surface area contributed by atoms with Gasteiger partial charge in [0, 0.05) is 11.7 Å². The summed E-state index contributed by atoms with van der Waals surface area (Å²) in [6, 6.07) is 4.91. The zero-order valence-electron chi connectivity index (χ0n) is 11.9. The maximum Gasteiger partial charge on any atom is 0.344 e. The van der Waals surface area contributed by atoms with Crippen LogP contribution in [0.5, 0.6) is 0 Å². The number of aromatic nitrogens is 3. The first-order valence-corrected chi connectivity index (χ1v) is 7.09.